The van der Waals surface area contributed by atoms with Crippen LogP contribution >= 0.6 is 0 Å². The second-order valence-corrected chi connectivity index (χ2v) is 9.04. The third-order valence-electron chi connectivity index (χ3n) is 5.78. The zero-order chi connectivity index (χ0) is 28.3. The van der Waals surface area contributed by atoms with Gasteiger partial charge < -0.3 is 14.2 Å². The molecule has 2 aromatic carbocycles. The fraction of sp³-hybridized carbons (Fsp3) is 0.500. The number of nitro benzene ring substituents is 2. The smallest absolute Gasteiger partial charge is 0.269 e. The lowest BCUT2D eigenvalue weighted by Crippen LogP contribution is -2.10. The van der Waals surface area contributed by atoms with Crippen LogP contribution in [0.2, 0.25) is 0 Å². The van der Waals surface area contributed by atoms with E-state index >= 15 is 0 Å². The molecule has 0 unspecified atom stereocenters. The van der Waals surface area contributed by atoms with Crippen LogP contribution < -0.4 is 0 Å². The Hall–Kier alpha value is -3.54. The first kappa shape index (κ1) is 31.7. The van der Waals surface area contributed by atoms with Gasteiger partial charge in [-0.2, -0.15) is 0 Å². The molecule has 0 N–H and O–H groups in total. The molecule has 0 saturated heterocycles. The summed E-state index contributed by atoms with van der Waals surface area (Å²) in [6.07, 6.45) is 4.09. The highest BCUT2D eigenvalue weighted by atomic mass is 16.6. The summed E-state index contributed by atoms with van der Waals surface area (Å²) in [6.45, 7) is 2.86. The lowest BCUT2D eigenvalue weighted by molar-refractivity contribution is -0.385. The van der Waals surface area contributed by atoms with Gasteiger partial charge in [-0.1, -0.05) is 24.3 Å². The van der Waals surface area contributed by atoms with Crippen molar-refractivity contribution in [3.63, 3.8) is 0 Å². The summed E-state index contributed by atoms with van der Waals surface area (Å²) in [5.41, 5.74) is 1.28. The van der Waals surface area contributed by atoms with Crippen LogP contribution in [-0.4, -0.2) is 61.1 Å². The molecule has 2 rings (SSSR count). The van der Waals surface area contributed by atoms with E-state index in [4.69, 9.17) is 14.2 Å². The van der Waals surface area contributed by atoms with Gasteiger partial charge in [0.05, 0.1) is 36.3 Å². The minimum absolute atomic E-state index is 0.00966. The van der Waals surface area contributed by atoms with Crippen molar-refractivity contribution in [2.45, 2.75) is 51.4 Å². The first-order valence-electron chi connectivity index (χ1n) is 13.1. The maximum Gasteiger partial charge on any atom is 0.269 e. The van der Waals surface area contributed by atoms with Crippen LogP contribution in [0.5, 0.6) is 0 Å². The molecule has 0 aliphatic carbocycles. The summed E-state index contributed by atoms with van der Waals surface area (Å²) < 4.78 is 16.5. The first-order valence-corrected chi connectivity index (χ1v) is 13.1. The van der Waals surface area contributed by atoms with Crippen LogP contribution in [0.4, 0.5) is 11.4 Å². The van der Waals surface area contributed by atoms with Crippen LogP contribution in [0.25, 0.3) is 0 Å². The van der Waals surface area contributed by atoms with Crippen molar-refractivity contribution < 1.29 is 33.6 Å². The zero-order valence-electron chi connectivity index (χ0n) is 22.1. The summed E-state index contributed by atoms with van der Waals surface area (Å²) in [5.74, 6) is 0.0943. The van der Waals surface area contributed by atoms with E-state index in [1.807, 2.05) is 0 Å². The normalized spacial score (nSPS) is 10.9. The van der Waals surface area contributed by atoms with Gasteiger partial charge in [0, 0.05) is 63.2 Å². The SMILES string of the molecule is O=C(CCCCOCCOCCOCCCCC(=O)Cc1cccc([N+](=O)[O-])c1)Cc1cccc([N+](=O)[O-])c1. The first-order chi connectivity index (χ1) is 18.8. The van der Waals surface area contributed by atoms with E-state index in [0.29, 0.717) is 76.5 Å². The van der Waals surface area contributed by atoms with E-state index < -0.39 is 9.85 Å². The Labute approximate surface area is 227 Å². The highest BCUT2D eigenvalue weighted by Crippen LogP contribution is 2.15. The van der Waals surface area contributed by atoms with Crippen LogP contribution in [0.3, 0.4) is 0 Å². The van der Waals surface area contributed by atoms with E-state index in [9.17, 15) is 29.8 Å². The lowest BCUT2D eigenvalue weighted by atomic mass is 10.0. The van der Waals surface area contributed by atoms with Gasteiger partial charge >= 0.3 is 0 Å². The summed E-state index contributed by atoms with van der Waals surface area (Å²) in [7, 11) is 0. The average Bonchev–Trinajstić information content (AvgIpc) is 2.91. The topological polar surface area (TPSA) is 148 Å². The van der Waals surface area contributed by atoms with Gasteiger partial charge in [-0.3, -0.25) is 29.8 Å². The van der Waals surface area contributed by atoms with Crippen molar-refractivity contribution >= 4 is 22.9 Å². The Morgan fingerprint density at radius 2 is 0.974 bits per heavy atom. The number of Topliss-reactive ketones (excluding diaryl/α,β-unsaturated/α-hetero) is 2. The third kappa shape index (κ3) is 14.3. The van der Waals surface area contributed by atoms with E-state index in [2.05, 4.69) is 0 Å². The summed E-state index contributed by atoms with van der Waals surface area (Å²) in [5, 5.41) is 21.6. The molecular weight excluding hydrogens is 508 g/mol. The summed E-state index contributed by atoms with van der Waals surface area (Å²) >= 11 is 0. The third-order valence-corrected chi connectivity index (χ3v) is 5.78. The fourth-order valence-corrected chi connectivity index (χ4v) is 3.79. The molecule has 0 aliphatic rings. The molecule has 0 radical (unpaired) electrons. The minimum atomic E-state index is -0.468. The molecule has 212 valence electrons. The van der Waals surface area contributed by atoms with Crippen LogP contribution in [-0.2, 0) is 36.6 Å². The van der Waals surface area contributed by atoms with Crippen molar-refractivity contribution in [3.8, 4) is 0 Å². The molecule has 39 heavy (non-hydrogen) atoms. The molecule has 11 heteroatoms. The number of carbonyl (C=O) groups is 2. The van der Waals surface area contributed by atoms with Crippen molar-refractivity contribution in [1.29, 1.82) is 0 Å². The second-order valence-electron chi connectivity index (χ2n) is 9.04. The molecule has 0 amide bonds. The maximum absolute atomic E-state index is 12.1. The largest absolute Gasteiger partial charge is 0.379 e. The van der Waals surface area contributed by atoms with Crippen molar-refractivity contribution in [2.24, 2.45) is 0 Å². The number of nitro groups is 2. The molecule has 0 fully saturated rings. The summed E-state index contributed by atoms with van der Waals surface area (Å²) in [6, 6.07) is 12.3. The van der Waals surface area contributed by atoms with Crippen molar-refractivity contribution in [2.75, 3.05) is 39.6 Å². The maximum atomic E-state index is 12.1. The molecular formula is C28H36N2O9. The molecule has 0 spiro atoms. The second kappa shape index (κ2) is 18.7. The number of hydrogen-bond acceptors (Lipinski definition) is 9. The number of unbranched alkanes of at least 4 members (excludes halogenated alkanes) is 2. The van der Waals surface area contributed by atoms with Crippen LogP contribution in [0.15, 0.2) is 48.5 Å². The molecule has 0 atom stereocenters. The molecule has 0 saturated carbocycles. The highest BCUT2D eigenvalue weighted by Gasteiger charge is 2.10. The van der Waals surface area contributed by atoms with Gasteiger partial charge in [-0.05, 0) is 36.8 Å². The molecule has 0 aromatic heterocycles. The number of ketones is 2. The van der Waals surface area contributed by atoms with Gasteiger partial charge in [-0.15, -0.1) is 0 Å². The Morgan fingerprint density at radius 3 is 1.36 bits per heavy atom. The minimum Gasteiger partial charge on any atom is -0.379 e. The predicted molar refractivity (Wildman–Crippen MR) is 144 cm³/mol. The Kier molecular flexibility index (Phi) is 15.2. The van der Waals surface area contributed by atoms with Crippen molar-refractivity contribution in [1.82, 2.24) is 0 Å². The number of hydrogen-bond donors (Lipinski definition) is 0. The van der Waals surface area contributed by atoms with Crippen LogP contribution in [0, 0.1) is 20.2 Å². The van der Waals surface area contributed by atoms with Crippen LogP contribution in [0.1, 0.15) is 49.7 Å². The monoisotopic (exact) mass is 544 g/mol. The Balaban J connectivity index is 1.36. The van der Waals surface area contributed by atoms with Crippen molar-refractivity contribution in [3.05, 3.63) is 79.9 Å². The van der Waals surface area contributed by atoms with Gasteiger partial charge in [0.2, 0.25) is 0 Å². The van der Waals surface area contributed by atoms with Gasteiger partial charge in [0.25, 0.3) is 11.4 Å². The van der Waals surface area contributed by atoms with E-state index in [0.717, 1.165) is 12.8 Å². The quantitative estimate of drug-likeness (QED) is 0.116. The summed E-state index contributed by atoms with van der Waals surface area (Å²) in [4.78, 5) is 44.8. The number of ether oxygens (including phenoxy) is 3. The highest BCUT2D eigenvalue weighted by molar-refractivity contribution is 5.81. The Morgan fingerprint density at radius 1 is 0.590 bits per heavy atom. The Bertz CT molecular complexity index is 991. The van der Waals surface area contributed by atoms with Gasteiger partial charge in [0.1, 0.15) is 11.6 Å². The molecule has 11 nitrogen and oxygen atoms in total. The van der Waals surface area contributed by atoms with E-state index in [1.165, 1.54) is 24.3 Å². The number of carbonyl (C=O) groups excluding carboxylic acids is 2. The number of rotatable bonds is 22. The average molecular weight is 545 g/mol. The standard InChI is InChI=1S/C28H36N2O9/c31-27(21-23-7-5-9-25(19-23)29(33)34)11-1-3-13-37-15-17-39-18-16-38-14-4-2-12-28(32)22-24-8-6-10-26(20-24)30(35)36/h5-10,19-20H,1-4,11-18,21-22H2. The van der Waals surface area contributed by atoms with E-state index in [1.54, 1.807) is 24.3 Å². The molecule has 0 aliphatic heterocycles. The van der Waals surface area contributed by atoms with E-state index in [-0.39, 0.29) is 35.8 Å². The number of nitrogens with zero attached hydrogens (tertiary/aromatic N) is 2. The molecule has 0 heterocycles. The van der Waals surface area contributed by atoms with Gasteiger partial charge in [-0.25, -0.2) is 0 Å². The predicted octanol–water partition coefficient (Wildman–Crippen LogP) is 4.82. The van der Waals surface area contributed by atoms with Gasteiger partial charge in [0.15, 0.2) is 0 Å². The zero-order valence-corrected chi connectivity index (χ0v) is 22.1. The molecule has 0 bridgehead atoms. The number of non-ortho nitro benzene ring substituents is 2. The fourth-order valence-electron chi connectivity index (χ4n) is 3.79. The molecule has 2 aromatic rings. The lowest BCUT2D eigenvalue weighted by Gasteiger charge is -2.07. The number of benzene rings is 2.